The van der Waals surface area contributed by atoms with Gasteiger partial charge >= 0.3 is 0 Å². The van der Waals surface area contributed by atoms with Crippen molar-refractivity contribution in [2.45, 2.75) is 13.5 Å². The van der Waals surface area contributed by atoms with E-state index < -0.39 is 0 Å². The van der Waals surface area contributed by atoms with E-state index >= 15 is 0 Å². The molecule has 4 aromatic rings. The molecule has 0 atom stereocenters. The van der Waals surface area contributed by atoms with Gasteiger partial charge in [-0.25, -0.2) is 4.68 Å². The van der Waals surface area contributed by atoms with E-state index in [4.69, 9.17) is 9.15 Å². The first kappa shape index (κ1) is 20.1. The smallest absolute Gasteiger partial charge is 0.271 e. The summed E-state index contributed by atoms with van der Waals surface area (Å²) in [5.74, 6) is 1.01. The molecule has 9 nitrogen and oxygen atoms in total. The van der Waals surface area contributed by atoms with Crippen LogP contribution in [0, 0.1) is 0 Å². The number of aromatic amines is 1. The van der Waals surface area contributed by atoms with Crippen LogP contribution in [0.3, 0.4) is 0 Å². The van der Waals surface area contributed by atoms with E-state index in [1.807, 2.05) is 31.2 Å². The lowest BCUT2D eigenvalue weighted by Gasteiger charge is -2.09. The number of benzene rings is 1. The molecule has 1 aromatic carbocycles. The molecular weight excluding hydrogens is 398 g/mol. The number of rotatable bonds is 8. The number of carbonyl (C=O) groups excluding carboxylic acids is 1. The van der Waals surface area contributed by atoms with Crippen molar-refractivity contribution in [1.82, 2.24) is 25.3 Å². The van der Waals surface area contributed by atoms with Crippen LogP contribution in [-0.2, 0) is 6.54 Å². The SMILES string of the molecule is CCOc1ccc(-c2ccc(=O)n(CCNC(=O)c3cc(-c4ccco4)[nH]n3)n2)cc1. The van der Waals surface area contributed by atoms with Crippen LogP contribution in [-0.4, -0.2) is 39.0 Å². The summed E-state index contributed by atoms with van der Waals surface area (Å²) in [6.07, 6.45) is 1.54. The van der Waals surface area contributed by atoms with Crippen molar-refractivity contribution in [2.75, 3.05) is 13.2 Å². The molecule has 0 spiro atoms. The molecule has 0 aliphatic carbocycles. The Morgan fingerprint density at radius 3 is 2.77 bits per heavy atom. The minimum absolute atomic E-state index is 0.224. The molecular formula is C22H21N5O4. The van der Waals surface area contributed by atoms with Crippen LogP contribution in [0.5, 0.6) is 5.75 Å². The standard InChI is InChI=1S/C22H21N5O4/c1-2-30-16-7-5-15(6-8-16)17-9-10-21(28)27(26-17)12-11-23-22(29)19-14-18(24-25-19)20-4-3-13-31-20/h3-10,13-14H,2,11-12H2,1H3,(H,23,29)(H,24,25). The normalized spacial score (nSPS) is 10.7. The van der Waals surface area contributed by atoms with Crippen molar-refractivity contribution in [3.05, 3.63) is 76.9 Å². The first-order chi connectivity index (χ1) is 15.1. The van der Waals surface area contributed by atoms with Crippen molar-refractivity contribution >= 4 is 5.91 Å². The Kier molecular flexibility index (Phi) is 5.93. The maximum absolute atomic E-state index is 12.3. The molecule has 3 heterocycles. The number of furan rings is 1. The van der Waals surface area contributed by atoms with Crippen LogP contribution in [0.15, 0.2) is 70.1 Å². The van der Waals surface area contributed by atoms with Crippen LogP contribution in [0.2, 0.25) is 0 Å². The van der Waals surface area contributed by atoms with Crippen LogP contribution in [0.1, 0.15) is 17.4 Å². The summed E-state index contributed by atoms with van der Waals surface area (Å²) in [6.45, 7) is 2.97. The Bertz CT molecular complexity index is 1210. The van der Waals surface area contributed by atoms with Gasteiger partial charge in [0, 0.05) is 24.2 Å². The Morgan fingerprint density at radius 2 is 2.03 bits per heavy atom. The number of amides is 1. The van der Waals surface area contributed by atoms with Gasteiger partial charge in [-0.15, -0.1) is 0 Å². The second-order valence-electron chi connectivity index (χ2n) is 6.64. The lowest BCUT2D eigenvalue weighted by Crippen LogP contribution is -2.32. The second kappa shape index (κ2) is 9.12. The maximum Gasteiger partial charge on any atom is 0.271 e. The molecule has 0 saturated carbocycles. The summed E-state index contributed by atoms with van der Waals surface area (Å²) < 4.78 is 12.0. The predicted molar refractivity (Wildman–Crippen MR) is 114 cm³/mol. The van der Waals surface area contributed by atoms with E-state index in [0.29, 0.717) is 23.8 Å². The van der Waals surface area contributed by atoms with Gasteiger partial charge in [0.1, 0.15) is 11.4 Å². The highest BCUT2D eigenvalue weighted by Crippen LogP contribution is 2.20. The van der Waals surface area contributed by atoms with Crippen molar-refractivity contribution in [1.29, 1.82) is 0 Å². The van der Waals surface area contributed by atoms with Crippen molar-refractivity contribution in [2.24, 2.45) is 0 Å². The molecule has 31 heavy (non-hydrogen) atoms. The third-order valence-electron chi connectivity index (χ3n) is 4.53. The molecule has 0 fully saturated rings. The molecule has 0 saturated heterocycles. The zero-order chi connectivity index (χ0) is 21.6. The highest BCUT2D eigenvalue weighted by atomic mass is 16.5. The molecule has 9 heteroatoms. The van der Waals surface area contributed by atoms with Gasteiger partial charge in [0.15, 0.2) is 11.5 Å². The van der Waals surface area contributed by atoms with Gasteiger partial charge < -0.3 is 14.5 Å². The van der Waals surface area contributed by atoms with Crippen molar-refractivity contribution in [3.63, 3.8) is 0 Å². The highest BCUT2D eigenvalue weighted by molar-refractivity contribution is 5.93. The largest absolute Gasteiger partial charge is 0.494 e. The number of carbonyl (C=O) groups is 1. The molecule has 1 amide bonds. The van der Waals surface area contributed by atoms with Gasteiger partial charge in [0.25, 0.3) is 11.5 Å². The number of aromatic nitrogens is 4. The van der Waals surface area contributed by atoms with Crippen LogP contribution < -0.4 is 15.6 Å². The van der Waals surface area contributed by atoms with Crippen LogP contribution in [0.4, 0.5) is 0 Å². The Balaban J connectivity index is 1.39. The first-order valence-corrected chi connectivity index (χ1v) is 9.83. The van der Waals surface area contributed by atoms with Gasteiger partial charge in [-0.05, 0) is 49.4 Å². The highest BCUT2D eigenvalue weighted by Gasteiger charge is 2.12. The summed E-state index contributed by atoms with van der Waals surface area (Å²) in [7, 11) is 0. The van der Waals surface area contributed by atoms with Crippen molar-refractivity contribution in [3.8, 4) is 28.5 Å². The average Bonchev–Trinajstić information content (AvgIpc) is 3.48. The fraction of sp³-hybridized carbons (Fsp3) is 0.182. The van der Waals surface area contributed by atoms with Gasteiger partial charge in [-0.3, -0.25) is 14.7 Å². The minimum atomic E-state index is -0.357. The summed E-state index contributed by atoms with van der Waals surface area (Å²) >= 11 is 0. The van der Waals surface area contributed by atoms with E-state index in [1.54, 1.807) is 30.5 Å². The lowest BCUT2D eigenvalue weighted by atomic mass is 10.1. The van der Waals surface area contributed by atoms with Crippen LogP contribution >= 0.6 is 0 Å². The number of hydrogen-bond acceptors (Lipinski definition) is 6. The quantitative estimate of drug-likeness (QED) is 0.454. The molecule has 0 unspecified atom stereocenters. The molecule has 4 rings (SSSR count). The summed E-state index contributed by atoms with van der Waals surface area (Å²) in [6, 6.07) is 15.7. The Labute approximate surface area is 177 Å². The molecule has 0 bridgehead atoms. The zero-order valence-electron chi connectivity index (χ0n) is 16.9. The van der Waals surface area contributed by atoms with E-state index in [-0.39, 0.29) is 30.2 Å². The lowest BCUT2D eigenvalue weighted by molar-refractivity contribution is 0.0946. The number of ether oxygens (including phenoxy) is 1. The number of nitrogens with zero attached hydrogens (tertiary/aromatic N) is 3. The first-order valence-electron chi connectivity index (χ1n) is 9.83. The van der Waals surface area contributed by atoms with Crippen molar-refractivity contribution < 1.29 is 13.9 Å². The average molecular weight is 419 g/mol. The van der Waals surface area contributed by atoms with Crippen LogP contribution in [0.25, 0.3) is 22.7 Å². The number of hydrogen-bond donors (Lipinski definition) is 2. The molecule has 158 valence electrons. The third-order valence-corrected chi connectivity index (χ3v) is 4.53. The molecule has 0 aliphatic rings. The second-order valence-corrected chi connectivity index (χ2v) is 6.64. The third kappa shape index (κ3) is 4.72. The molecule has 2 N–H and O–H groups in total. The Hall–Kier alpha value is -4.14. The molecule has 3 aromatic heterocycles. The van der Waals surface area contributed by atoms with E-state index in [1.165, 1.54) is 10.7 Å². The van der Waals surface area contributed by atoms with Gasteiger partial charge in [-0.1, -0.05) is 0 Å². The summed E-state index contributed by atoms with van der Waals surface area (Å²) in [5, 5.41) is 13.9. The van der Waals surface area contributed by atoms with Gasteiger partial charge in [0.2, 0.25) is 0 Å². The topological polar surface area (TPSA) is 115 Å². The maximum atomic E-state index is 12.3. The molecule has 0 radical (unpaired) electrons. The van der Waals surface area contributed by atoms with E-state index in [9.17, 15) is 9.59 Å². The van der Waals surface area contributed by atoms with E-state index in [0.717, 1.165) is 11.3 Å². The van der Waals surface area contributed by atoms with E-state index in [2.05, 4.69) is 20.6 Å². The molecule has 0 aliphatic heterocycles. The van der Waals surface area contributed by atoms with Gasteiger partial charge in [-0.2, -0.15) is 10.2 Å². The summed E-state index contributed by atoms with van der Waals surface area (Å²) in [5.41, 5.74) is 2.11. The number of H-pyrrole nitrogens is 1. The zero-order valence-corrected chi connectivity index (χ0v) is 16.9. The fourth-order valence-corrected chi connectivity index (χ4v) is 3.01. The Morgan fingerprint density at radius 1 is 1.19 bits per heavy atom. The monoisotopic (exact) mass is 419 g/mol. The summed E-state index contributed by atoms with van der Waals surface area (Å²) in [4.78, 5) is 24.5. The number of nitrogens with one attached hydrogen (secondary N) is 2. The predicted octanol–water partition coefficient (Wildman–Crippen LogP) is 2.72. The minimum Gasteiger partial charge on any atom is -0.494 e. The fourth-order valence-electron chi connectivity index (χ4n) is 3.01. The van der Waals surface area contributed by atoms with Gasteiger partial charge in [0.05, 0.1) is 25.1 Å².